The van der Waals surface area contributed by atoms with Crippen molar-refractivity contribution in [1.82, 2.24) is 4.90 Å². The summed E-state index contributed by atoms with van der Waals surface area (Å²) in [6.45, 7) is 0.471. The van der Waals surface area contributed by atoms with Gasteiger partial charge in [0, 0.05) is 12.6 Å². The molecule has 6 heteroatoms. The first-order valence-corrected chi connectivity index (χ1v) is 8.86. The fraction of sp³-hybridized carbons (Fsp3) is 0.316. The van der Waals surface area contributed by atoms with Gasteiger partial charge >= 0.3 is 0 Å². The predicted octanol–water partition coefficient (Wildman–Crippen LogP) is 4.17. The summed E-state index contributed by atoms with van der Waals surface area (Å²) in [7, 11) is 1.62. The number of hydrogen-bond donors (Lipinski definition) is 0. The number of halogens is 2. The van der Waals surface area contributed by atoms with E-state index in [2.05, 4.69) is 15.9 Å². The van der Waals surface area contributed by atoms with Gasteiger partial charge in [0.2, 0.25) is 0 Å². The Morgan fingerprint density at radius 2 is 1.96 bits per heavy atom. The van der Waals surface area contributed by atoms with Crippen LogP contribution < -0.4 is 9.47 Å². The minimum atomic E-state index is -0.357. The van der Waals surface area contributed by atoms with Crippen LogP contribution in [0.3, 0.4) is 0 Å². The van der Waals surface area contributed by atoms with Crippen LogP contribution in [-0.2, 0) is 11.3 Å². The highest BCUT2D eigenvalue weighted by Gasteiger charge is 2.32. The number of rotatable bonds is 7. The third-order valence-corrected chi connectivity index (χ3v) is 4.68. The molecule has 0 N–H and O–H groups in total. The van der Waals surface area contributed by atoms with Crippen LogP contribution in [-0.4, -0.2) is 30.6 Å². The van der Waals surface area contributed by atoms with Gasteiger partial charge in [0.15, 0.2) is 6.61 Å². The van der Waals surface area contributed by atoms with Crippen LogP contribution in [0.4, 0.5) is 4.39 Å². The summed E-state index contributed by atoms with van der Waals surface area (Å²) in [5.74, 6) is 0.812. The highest BCUT2D eigenvalue weighted by atomic mass is 79.9. The lowest BCUT2D eigenvalue weighted by atomic mass is 10.2. The molecule has 1 saturated carbocycles. The van der Waals surface area contributed by atoms with E-state index in [4.69, 9.17) is 9.47 Å². The molecule has 132 valence electrons. The number of ether oxygens (including phenoxy) is 2. The molecule has 0 heterocycles. The summed E-state index contributed by atoms with van der Waals surface area (Å²) in [5, 5.41) is 0. The summed E-state index contributed by atoms with van der Waals surface area (Å²) in [5.41, 5.74) is 1.05. The van der Waals surface area contributed by atoms with Gasteiger partial charge in [-0.05, 0) is 64.7 Å². The lowest BCUT2D eigenvalue weighted by Crippen LogP contribution is -2.36. The van der Waals surface area contributed by atoms with Crippen LogP contribution in [0.15, 0.2) is 46.9 Å². The van der Waals surface area contributed by atoms with Crippen LogP contribution in [0.25, 0.3) is 0 Å². The third-order valence-electron chi connectivity index (χ3n) is 4.07. The zero-order valence-corrected chi connectivity index (χ0v) is 15.5. The van der Waals surface area contributed by atoms with Crippen LogP contribution in [0.1, 0.15) is 18.4 Å². The molecule has 0 unspecified atom stereocenters. The molecule has 0 spiro atoms. The molecule has 2 aromatic rings. The molecule has 1 fully saturated rings. The molecule has 0 radical (unpaired) electrons. The maximum atomic E-state index is 13.1. The first-order chi connectivity index (χ1) is 12.1. The predicted molar refractivity (Wildman–Crippen MR) is 96.2 cm³/mol. The molecule has 0 saturated heterocycles. The first kappa shape index (κ1) is 17.7. The van der Waals surface area contributed by atoms with E-state index in [0.717, 1.165) is 24.2 Å². The minimum absolute atomic E-state index is 0.0725. The zero-order chi connectivity index (χ0) is 17.8. The van der Waals surface area contributed by atoms with Crippen molar-refractivity contribution >= 4 is 21.8 Å². The zero-order valence-electron chi connectivity index (χ0n) is 13.9. The largest absolute Gasteiger partial charge is 0.497 e. The first-order valence-electron chi connectivity index (χ1n) is 8.07. The van der Waals surface area contributed by atoms with Gasteiger partial charge in [0.1, 0.15) is 17.3 Å². The molecule has 4 nitrogen and oxygen atoms in total. The maximum absolute atomic E-state index is 13.1. The normalized spacial score (nSPS) is 13.4. The Labute approximate surface area is 154 Å². The number of carbonyl (C=O) groups excluding carboxylic acids is 1. The van der Waals surface area contributed by atoms with E-state index in [-0.39, 0.29) is 24.4 Å². The molecule has 1 aliphatic carbocycles. The molecular weight excluding hydrogens is 389 g/mol. The lowest BCUT2D eigenvalue weighted by Gasteiger charge is -2.23. The third kappa shape index (κ3) is 4.72. The van der Waals surface area contributed by atoms with Gasteiger partial charge < -0.3 is 14.4 Å². The van der Waals surface area contributed by atoms with Crippen LogP contribution in [0.5, 0.6) is 11.5 Å². The Kier molecular flexibility index (Phi) is 5.58. The number of nitrogens with zero attached hydrogens (tertiary/aromatic N) is 1. The monoisotopic (exact) mass is 407 g/mol. The molecule has 3 rings (SSSR count). The molecule has 2 aromatic carbocycles. The highest BCUT2D eigenvalue weighted by Crippen LogP contribution is 2.30. The van der Waals surface area contributed by atoms with Crippen molar-refractivity contribution in [2.45, 2.75) is 25.4 Å². The van der Waals surface area contributed by atoms with Crippen molar-refractivity contribution in [2.75, 3.05) is 13.7 Å². The van der Waals surface area contributed by atoms with Gasteiger partial charge in [-0.3, -0.25) is 4.79 Å². The Bertz CT molecular complexity index is 747. The Morgan fingerprint density at radius 3 is 2.56 bits per heavy atom. The SMILES string of the molecule is COc1ccc(CN(C(=O)COc2ccc(F)cc2Br)C2CC2)cc1. The number of methoxy groups -OCH3 is 1. The fourth-order valence-corrected chi connectivity index (χ4v) is 3.01. The average molecular weight is 408 g/mol. The summed E-state index contributed by atoms with van der Waals surface area (Å²) >= 11 is 3.24. The Balaban J connectivity index is 1.62. The molecule has 25 heavy (non-hydrogen) atoms. The second-order valence-corrected chi connectivity index (χ2v) is 6.82. The van der Waals surface area contributed by atoms with Crippen LogP contribution >= 0.6 is 15.9 Å². The fourth-order valence-electron chi connectivity index (χ4n) is 2.55. The second-order valence-electron chi connectivity index (χ2n) is 5.96. The van der Waals surface area contributed by atoms with E-state index in [9.17, 15) is 9.18 Å². The number of benzene rings is 2. The van der Waals surface area contributed by atoms with Crippen molar-refractivity contribution < 1.29 is 18.7 Å². The van der Waals surface area contributed by atoms with Crippen LogP contribution in [0.2, 0.25) is 0 Å². The smallest absolute Gasteiger partial charge is 0.261 e. The molecule has 0 aliphatic heterocycles. The molecule has 0 bridgehead atoms. The summed E-state index contributed by atoms with van der Waals surface area (Å²) < 4.78 is 24.3. The van der Waals surface area contributed by atoms with Crippen LogP contribution in [0, 0.1) is 5.82 Å². The standard InChI is InChI=1S/C19H19BrFNO3/c1-24-16-7-2-13(3-8-16)11-22(15-5-6-15)19(23)12-25-18-9-4-14(21)10-17(18)20/h2-4,7-10,15H,5-6,11-12H2,1H3. The van der Waals surface area contributed by atoms with Crippen molar-refractivity contribution in [3.63, 3.8) is 0 Å². The Hall–Kier alpha value is -2.08. The van der Waals surface area contributed by atoms with Gasteiger partial charge in [-0.25, -0.2) is 4.39 Å². The lowest BCUT2D eigenvalue weighted by molar-refractivity contribution is -0.134. The molecule has 1 amide bonds. The minimum Gasteiger partial charge on any atom is -0.497 e. The van der Waals surface area contributed by atoms with Crippen molar-refractivity contribution in [1.29, 1.82) is 0 Å². The summed E-state index contributed by atoms with van der Waals surface area (Å²) in [6.07, 6.45) is 2.03. The van der Waals surface area contributed by atoms with E-state index in [1.165, 1.54) is 18.2 Å². The van der Waals surface area contributed by atoms with E-state index < -0.39 is 0 Å². The molecule has 0 atom stereocenters. The Morgan fingerprint density at radius 1 is 1.24 bits per heavy atom. The van der Waals surface area contributed by atoms with Gasteiger partial charge in [-0.15, -0.1) is 0 Å². The second kappa shape index (κ2) is 7.87. The number of carbonyl (C=O) groups is 1. The van der Waals surface area contributed by atoms with Crippen molar-refractivity contribution in [3.8, 4) is 11.5 Å². The van der Waals surface area contributed by atoms with E-state index in [0.29, 0.717) is 16.8 Å². The van der Waals surface area contributed by atoms with Gasteiger partial charge in [-0.2, -0.15) is 0 Å². The molecular formula is C19H19BrFNO3. The van der Waals surface area contributed by atoms with E-state index in [1.54, 1.807) is 7.11 Å². The van der Waals surface area contributed by atoms with Crippen molar-refractivity contribution in [3.05, 3.63) is 58.3 Å². The summed E-state index contributed by atoms with van der Waals surface area (Å²) in [4.78, 5) is 14.4. The average Bonchev–Trinajstić information content (AvgIpc) is 3.44. The number of amides is 1. The topological polar surface area (TPSA) is 38.8 Å². The summed E-state index contributed by atoms with van der Waals surface area (Å²) in [6, 6.07) is 12.1. The van der Waals surface area contributed by atoms with E-state index >= 15 is 0 Å². The highest BCUT2D eigenvalue weighted by molar-refractivity contribution is 9.10. The van der Waals surface area contributed by atoms with Gasteiger partial charge in [-0.1, -0.05) is 12.1 Å². The van der Waals surface area contributed by atoms with Gasteiger partial charge in [0.05, 0.1) is 11.6 Å². The number of hydrogen-bond acceptors (Lipinski definition) is 3. The maximum Gasteiger partial charge on any atom is 0.261 e. The van der Waals surface area contributed by atoms with Crippen molar-refractivity contribution in [2.24, 2.45) is 0 Å². The van der Waals surface area contributed by atoms with Gasteiger partial charge in [0.25, 0.3) is 5.91 Å². The van der Waals surface area contributed by atoms with E-state index in [1.807, 2.05) is 29.2 Å². The molecule has 0 aromatic heterocycles. The molecule has 1 aliphatic rings. The quantitative estimate of drug-likeness (QED) is 0.691.